The Hall–Kier alpha value is -3.60. The monoisotopic (exact) mass is 403 g/mol. The number of carboxylic acids is 1. The van der Waals surface area contributed by atoms with E-state index in [1.165, 1.54) is 4.90 Å². The topological polar surface area (TPSA) is 66.8 Å². The first-order chi connectivity index (χ1) is 14.5. The first-order valence-corrected chi connectivity index (χ1v) is 9.81. The van der Waals surface area contributed by atoms with Gasteiger partial charge in [-0.2, -0.15) is 0 Å². The second-order valence-corrected chi connectivity index (χ2v) is 7.14. The van der Waals surface area contributed by atoms with Crippen molar-refractivity contribution in [2.24, 2.45) is 0 Å². The number of nitrogens with zero attached hydrogens (tertiary/aromatic N) is 1. The number of ether oxygens (including phenoxy) is 1. The molecule has 154 valence electrons. The summed E-state index contributed by atoms with van der Waals surface area (Å²) in [6.45, 7) is 0.474. The van der Waals surface area contributed by atoms with Crippen molar-refractivity contribution in [2.45, 2.75) is 25.5 Å². The molecule has 5 heteroatoms. The van der Waals surface area contributed by atoms with E-state index < -0.39 is 12.0 Å². The summed E-state index contributed by atoms with van der Waals surface area (Å²) in [5.41, 5.74) is 2.77. The van der Waals surface area contributed by atoms with Crippen molar-refractivity contribution in [1.82, 2.24) is 4.90 Å². The molecular weight excluding hydrogens is 378 g/mol. The molecule has 0 fully saturated rings. The lowest BCUT2D eigenvalue weighted by Crippen LogP contribution is -2.44. The van der Waals surface area contributed by atoms with E-state index in [9.17, 15) is 14.7 Å². The van der Waals surface area contributed by atoms with Crippen LogP contribution in [0.4, 0.5) is 0 Å². The number of hydrogen-bond acceptors (Lipinski definition) is 3. The van der Waals surface area contributed by atoms with E-state index in [1.54, 1.807) is 7.05 Å². The average molecular weight is 403 g/mol. The summed E-state index contributed by atoms with van der Waals surface area (Å²) < 4.78 is 5.76. The van der Waals surface area contributed by atoms with Gasteiger partial charge in [-0.25, -0.2) is 4.79 Å². The lowest BCUT2D eigenvalue weighted by atomic mass is 10.0. The number of hydrogen-bond donors (Lipinski definition) is 1. The van der Waals surface area contributed by atoms with E-state index in [1.807, 2.05) is 84.9 Å². The highest BCUT2D eigenvalue weighted by atomic mass is 16.5. The van der Waals surface area contributed by atoms with E-state index in [2.05, 4.69) is 0 Å². The fraction of sp³-hybridized carbons (Fsp3) is 0.200. The van der Waals surface area contributed by atoms with Crippen molar-refractivity contribution in [3.8, 4) is 5.75 Å². The molecule has 1 amide bonds. The van der Waals surface area contributed by atoms with Crippen molar-refractivity contribution in [3.63, 3.8) is 0 Å². The highest BCUT2D eigenvalue weighted by molar-refractivity contribution is 5.85. The SMILES string of the molecule is CN(C(=O)Cc1ccc(OCc2ccccc2)cc1)C(Cc1ccccc1)C(=O)O. The minimum Gasteiger partial charge on any atom is -0.489 e. The van der Waals surface area contributed by atoms with Gasteiger partial charge in [0.25, 0.3) is 0 Å². The smallest absolute Gasteiger partial charge is 0.326 e. The molecule has 3 aromatic carbocycles. The predicted octanol–water partition coefficient (Wildman–Crippen LogP) is 3.96. The minimum atomic E-state index is -1.01. The summed E-state index contributed by atoms with van der Waals surface area (Å²) in [5.74, 6) is -0.536. The van der Waals surface area contributed by atoms with Crippen LogP contribution >= 0.6 is 0 Å². The molecule has 0 aromatic heterocycles. The van der Waals surface area contributed by atoms with Crippen LogP contribution in [-0.2, 0) is 29.0 Å². The van der Waals surface area contributed by atoms with Gasteiger partial charge in [0.15, 0.2) is 0 Å². The Balaban J connectivity index is 1.57. The van der Waals surface area contributed by atoms with Crippen LogP contribution in [0.15, 0.2) is 84.9 Å². The molecule has 0 bridgehead atoms. The maximum atomic E-state index is 12.7. The summed E-state index contributed by atoms with van der Waals surface area (Å²) in [5, 5.41) is 9.60. The van der Waals surface area contributed by atoms with E-state index >= 15 is 0 Å². The van der Waals surface area contributed by atoms with E-state index in [0.717, 1.165) is 22.4 Å². The second-order valence-electron chi connectivity index (χ2n) is 7.14. The van der Waals surface area contributed by atoms with Crippen molar-refractivity contribution >= 4 is 11.9 Å². The summed E-state index contributed by atoms with van der Waals surface area (Å²) in [7, 11) is 1.54. The first kappa shape index (κ1) is 21.1. The van der Waals surface area contributed by atoms with Crippen molar-refractivity contribution in [3.05, 3.63) is 102 Å². The van der Waals surface area contributed by atoms with Crippen LogP contribution in [0, 0.1) is 0 Å². The Morgan fingerprint density at radius 2 is 1.40 bits per heavy atom. The fourth-order valence-electron chi connectivity index (χ4n) is 3.14. The number of carbonyl (C=O) groups excluding carboxylic acids is 1. The molecule has 0 aliphatic heterocycles. The molecular formula is C25H25NO4. The first-order valence-electron chi connectivity index (χ1n) is 9.81. The van der Waals surface area contributed by atoms with Crippen LogP contribution in [0.3, 0.4) is 0 Å². The molecule has 3 rings (SSSR count). The molecule has 0 spiro atoms. The Labute approximate surface area is 176 Å². The lowest BCUT2D eigenvalue weighted by molar-refractivity contribution is -0.148. The lowest BCUT2D eigenvalue weighted by Gasteiger charge is -2.25. The third-order valence-electron chi connectivity index (χ3n) is 4.94. The van der Waals surface area contributed by atoms with Gasteiger partial charge in [0.2, 0.25) is 5.91 Å². The van der Waals surface area contributed by atoms with Crippen molar-refractivity contribution in [1.29, 1.82) is 0 Å². The van der Waals surface area contributed by atoms with Crippen LogP contribution in [-0.4, -0.2) is 35.0 Å². The molecule has 0 aliphatic carbocycles. The summed E-state index contributed by atoms with van der Waals surface area (Å²) in [6, 6.07) is 25.6. The number of carboxylic acid groups (broad SMARTS) is 1. The zero-order valence-electron chi connectivity index (χ0n) is 16.9. The highest BCUT2D eigenvalue weighted by Crippen LogP contribution is 2.16. The largest absolute Gasteiger partial charge is 0.489 e. The normalized spacial score (nSPS) is 11.5. The summed E-state index contributed by atoms with van der Waals surface area (Å²) >= 11 is 0. The van der Waals surface area contributed by atoms with Crippen molar-refractivity contribution < 1.29 is 19.4 Å². The Bertz CT molecular complexity index is 955. The number of aliphatic carboxylic acids is 1. The number of rotatable bonds is 9. The molecule has 0 saturated carbocycles. The predicted molar refractivity (Wildman–Crippen MR) is 115 cm³/mol. The second kappa shape index (κ2) is 10.3. The third-order valence-corrected chi connectivity index (χ3v) is 4.94. The van der Waals surface area contributed by atoms with Crippen LogP contribution in [0.1, 0.15) is 16.7 Å². The maximum absolute atomic E-state index is 12.7. The van der Waals surface area contributed by atoms with Gasteiger partial charge in [0.05, 0.1) is 6.42 Å². The van der Waals surface area contributed by atoms with Gasteiger partial charge in [-0.15, -0.1) is 0 Å². The molecule has 1 unspecified atom stereocenters. The third kappa shape index (κ3) is 5.95. The van der Waals surface area contributed by atoms with Crippen LogP contribution in [0.2, 0.25) is 0 Å². The number of amides is 1. The van der Waals surface area contributed by atoms with E-state index in [-0.39, 0.29) is 18.7 Å². The minimum absolute atomic E-state index is 0.133. The van der Waals surface area contributed by atoms with Crippen LogP contribution in [0.25, 0.3) is 0 Å². The van der Waals surface area contributed by atoms with Gasteiger partial charge in [0.1, 0.15) is 18.4 Å². The molecule has 0 radical (unpaired) electrons. The zero-order valence-corrected chi connectivity index (χ0v) is 16.9. The van der Waals surface area contributed by atoms with Gasteiger partial charge < -0.3 is 14.7 Å². The number of benzene rings is 3. The highest BCUT2D eigenvalue weighted by Gasteiger charge is 2.26. The Kier molecular flexibility index (Phi) is 7.22. The molecule has 0 aliphatic rings. The standard InChI is InChI=1S/C25H25NO4/c1-26(23(25(28)29)16-19-8-4-2-5-9-19)24(27)17-20-12-14-22(15-13-20)30-18-21-10-6-3-7-11-21/h2-15,23H,16-18H2,1H3,(H,28,29). The maximum Gasteiger partial charge on any atom is 0.326 e. The molecule has 1 atom stereocenters. The Morgan fingerprint density at radius 3 is 1.97 bits per heavy atom. The number of likely N-dealkylation sites (N-methyl/N-ethyl adjacent to an activating group) is 1. The molecule has 30 heavy (non-hydrogen) atoms. The van der Waals surface area contributed by atoms with Crippen LogP contribution < -0.4 is 4.74 Å². The van der Waals surface area contributed by atoms with Crippen molar-refractivity contribution in [2.75, 3.05) is 7.05 Å². The van der Waals surface area contributed by atoms with Gasteiger partial charge >= 0.3 is 5.97 Å². The van der Waals surface area contributed by atoms with E-state index in [4.69, 9.17) is 4.74 Å². The molecule has 5 nitrogen and oxygen atoms in total. The Morgan fingerprint density at radius 1 is 0.833 bits per heavy atom. The number of carbonyl (C=O) groups is 2. The van der Waals surface area contributed by atoms with Gasteiger partial charge in [0, 0.05) is 13.5 Å². The molecule has 0 heterocycles. The zero-order chi connectivity index (χ0) is 21.3. The summed E-state index contributed by atoms with van der Waals surface area (Å²) in [6.07, 6.45) is 0.402. The van der Waals surface area contributed by atoms with Gasteiger partial charge in [-0.05, 0) is 28.8 Å². The average Bonchev–Trinajstić information content (AvgIpc) is 2.77. The quantitative estimate of drug-likeness (QED) is 0.587. The van der Waals surface area contributed by atoms with Gasteiger partial charge in [-0.1, -0.05) is 72.8 Å². The van der Waals surface area contributed by atoms with E-state index in [0.29, 0.717) is 6.61 Å². The molecule has 1 N–H and O–H groups in total. The fourth-order valence-corrected chi connectivity index (χ4v) is 3.14. The summed E-state index contributed by atoms with van der Waals surface area (Å²) in [4.78, 5) is 25.7. The van der Waals surface area contributed by atoms with Crippen LogP contribution in [0.5, 0.6) is 5.75 Å². The van der Waals surface area contributed by atoms with Gasteiger partial charge in [-0.3, -0.25) is 4.79 Å². The molecule has 3 aromatic rings. The molecule has 0 saturated heterocycles.